The standard InChI is InChI=1S/C24H29N7O2S/c1-16-10-17(20-14-28-24(34-20)31-9-3-2-6-26-21(32)15-31)12-18(11-16)29-23-27-8-5-22(30-23)33-19-4-7-25-13-19/h5,8,10-12,14,19,25H,2-4,6-7,9,13,15H2,1H3,(H,26,32)(H,27,29,30). The quantitative estimate of drug-likeness (QED) is 0.496. The minimum Gasteiger partial charge on any atom is -0.473 e. The second kappa shape index (κ2) is 10.4. The summed E-state index contributed by atoms with van der Waals surface area (Å²) in [6, 6.07) is 8.05. The van der Waals surface area contributed by atoms with E-state index in [0.29, 0.717) is 18.4 Å². The average molecular weight is 480 g/mol. The highest BCUT2D eigenvalue weighted by Gasteiger charge is 2.18. The van der Waals surface area contributed by atoms with Crippen LogP contribution in [0, 0.1) is 6.92 Å². The summed E-state index contributed by atoms with van der Waals surface area (Å²) in [4.78, 5) is 28.7. The van der Waals surface area contributed by atoms with Crippen LogP contribution in [0.25, 0.3) is 10.4 Å². The Morgan fingerprint density at radius 1 is 1.21 bits per heavy atom. The van der Waals surface area contributed by atoms with Crippen molar-refractivity contribution in [3.63, 3.8) is 0 Å². The van der Waals surface area contributed by atoms with Gasteiger partial charge in [0.25, 0.3) is 0 Å². The lowest BCUT2D eigenvalue weighted by Crippen LogP contribution is -2.40. The molecule has 1 aromatic carbocycles. The topological polar surface area (TPSA) is 104 Å². The van der Waals surface area contributed by atoms with E-state index in [9.17, 15) is 4.79 Å². The molecule has 4 heterocycles. The average Bonchev–Trinajstić information content (AvgIpc) is 3.48. The minimum absolute atomic E-state index is 0.0499. The molecule has 2 aliphatic rings. The monoisotopic (exact) mass is 479 g/mol. The molecule has 9 nitrogen and oxygen atoms in total. The van der Waals surface area contributed by atoms with Crippen molar-refractivity contribution in [2.75, 3.05) is 42.9 Å². The van der Waals surface area contributed by atoms with Gasteiger partial charge in [0, 0.05) is 43.8 Å². The number of aromatic nitrogens is 3. The van der Waals surface area contributed by atoms with Crippen LogP contribution in [0.3, 0.4) is 0 Å². The Balaban J connectivity index is 1.32. The summed E-state index contributed by atoms with van der Waals surface area (Å²) in [5, 5.41) is 10.4. The molecule has 1 atom stereocenters. The summed E-state index contributed by atoms with van der Waals surface area (Å²) in [5.74, 6) is 1.12. The number of thiazole rings is 1. The molecule has 2 saturated heterocycles. The van der Waals surface area contributed by atoms with Crippen molar-refractivity contribution in [3.05, 3.63) is 42.2 Å². The lowest BCUT2D eigenvalue weighted by atomic mass is 10.1. The van der Waals surface area contributed by atoms with E-state index in [1.165, 1.54) is 0 Å². The number of rotatable bonds is 6. The van der Waals surface area contributed by atoms with Gasteiger partial charge in [-0.15, -0.1) is 0 Å². The fourth-order valence-corrected chi connectivity index (χ4v) is 5.09. The Kier molecular flexibility index (Phi) is 6.87. The van der Waals surface area contributed by atoms with Crippen LogP contribution < -0.4 is 25.6 Å². The zero-order valence-corrected chi connectivity index (χ0v) is 20.0. The van der Waals surface area contributed by atoms with Crippen LogP contribution in [-0.2, 0) is 4.79 Å². The van der Waals surface area contributed by atoms with Crippen LogP contribution in [0.2, 0.25) is 0 Å². The van der Waals surface area contributed by atoms with E-state index in [2.05, 4.69) is 60.9 Å². The highest BCUT2D eigenvalue weighted by molar-refractivity contribution is 7.18. The molecule has 178 valence electrons. The van der Waals surface area contributed by atoms with Crippen LogP contribution >= 0.6 is 11.3 Å². The normalized spacial score (nSPS) is 18.8. The molecule has 1 unspecified atom stereocenters. The Bertz CT molecular complexity index is 1150. The molecule has 2 aliphatic heterocycles. The zero-order valence-electron chi connectivity index (χ0n) is 19.2. The van der Waals surface area contributed by atoms with Gasteiger partial charge in [-0.3, -0.25) is 4.79 Å². The second-order valence-corrected chi connectivity index (χ2v) is 9.66. The van der Waals surface area contributed by atoms with Crippen LogP contribution in [0.5, 0.6) is 5.88 Å². The molecule has 0 bridgehead atoms. The van der Waals surface area contributed by atoms with Gasteiger partial charge in [-0.1, -0.05) is 17.4 Å². The largest absolute Gasteiger partial charge is 0.473 e. The number of nitrogens with zero attached hydrogens (tertiary/aromatic N) is 4. The molecule has 0 spiro atoms. The summed E-state index contributed by atoms with van der Waals surface area (Å²) >= 11 is 1.60. The van der Waals surface area contributed by atoms with E-state index in [1.54, 1.807) is 23.6 Å². The van der Waals surface area contributed by atoms with E-state index in [1.807, 2.05) is 6.20 Å². The summed E-state index contributed by atoms with van der Waals surface area (Å²) in [5.41, 5.74) is 3.08. The number of amides is 1. The smallest absolute Gasteiger partial charge is 0.239 e. The van der Waals surface area contributed by atoms with Crippen molar-refractivity contribution in [3.8, 4) is 16.3 Å². The maximum absolute atomic E-state index is 12.1. The molecule has 3 N–H and O–H groups in total. The molecule has 1 amide bonds. The van der Waals surface area contributed by atoms with Crippen molar-refractivity contribution in [1.82, 2.24) is 25.6 Å². The third-order valence-corrected chi connectivity index (χ3v) is 6.93. The van der Waals surface area contributed by atoms with Crippen LogP contribution in [-0.4, -0.2) is 59.7 Å². The SMILES string of the molecule is Cc1cc(Nc2nccc(OC3CCNC3)n2)cc(-c2cnc(N3CCCCNC(=O)C3)s2)c1. The molecule has 5 rings (SSSR count). The maximum Gasteiger partial charge on any atom is 0.239 e. The molecule has 2 aromatic heterocycles. The summed E-state index contributed by atoms with van der Waals surface area (Å²) in [6.45, 7) is 5.82. The fraction of sp³-hybridized carbons (Fsp3) is 0.417. The molecule has 0 saturated carbocycles. The van der Waals surface area contributed by atoms with Gasteiger partial charge < -0.3 is 25.6 Å². The Labute approximate surface area is 203 Å². The molecule has 3 aromatic rings. The van der Waals surface area contributed by atoms with Gasteiger partial charge in [-0.05, 0) is 56.0 Å². The predicted octanol–water partition coefficient (Wildman–Crippen LogP) is 3.11. The number of hydrogen-bond acceptors (Lipinski definition) is 9. The third-order valence-electron chi connectivity index (χ3n) is 5.83. The molecule has 10 heteroatoms. The van der Waals surface area contributed by atoms with Gasteiger partial charge in [0.05, 0.1) is 11.4 Å². The van der Waals surface area contributed by atoms with E-state index < -0.39 is 0 Å². The first-order chi connectivity index (χ1) is 16.6. The van der Waals surface area contributed by atoms with E-state index in [0.717, 1.165) is 72.3 Å². The Hall–Kier alpha value is -3.24. The van der Waals surface area contributed by atoms with Crippen LogP contribution in [0.4, 0.5) is 16.8 Å². The third kappa shape index (κ3) is 5.63. The molecule has 0 radical (unpaired) electrons. The first-order valence-corrected chi connectivity index (χ1v) is 12.5. The Morgan fingerprint density at radius 2 is 2.15 bits per heavy atom. The van der Waals surface area contributed by atoms with Crippen molar-refractivity contribution >= 4 is 34.0 Å². The highest BCUT2D eigenvalue weighted by Crippen LogP contribution is 2.34. The number of anilines is 3. The molecule has 0 aliphatic carbocycles. The van der Waals surface area contributed by atoms with Gasteiger partial charge in [-0.25, -0.2) is 9.97 Å². The number of carbonyl (C=O) groups excluding carboxylic acids is 1. The van der Waals surface area contributed by atoms with Gasteiger partial charge in [0.1, 0.15) is 6.10 Å². The maximum atomic E-state index is 12.1. The molecular formula is C24H29N7O2S. The second-order valence-electron chi connectivity index (χ2n) is 8.65. The van der Waals surface area contributed by atoms with Crippen LogP contribution in [0.1, 0.15) is 24.8 Å². The first-order valence-electron chi connectivity index (χ1n) is 11.7. The number of aryl methyl sites for hydroxylation is 1. The number of benzene rings is 1. The lowest BCUT2D eigenvalue weighted by molar-refractivity contribution is -0.119. The van der Waals surface area contributed by atoms with Crippen molar-refractivity contribution in [2.45, 2.75) is 32.3 Å². The fourth-order valence-electron chi connectivity index (χ4n) is 4.17. The zero-order chi connectivity index (χ0) is 23.3. The summed E-state index contributed by atoms with van der Waals surface area (Å²) < 4.78 is 5.96. The van der Waals surface area contributed by atoms with Crippen molar-refractivity contribution in [1.29, 1.82) is 0 Å². The minimum atomic E-state index is 0.0499. The molecule has 34 heavy (non-hydrogen) atoms. The molecule has 2 fully saturated rings. The van der Waals surface area contributed by atoms with Gasteiger partial charge in [0.2, 0.25) is 17.7 Å². The number of hydrogen-bond donors (Lipinski definition) is 3. The lowest BCUT2D eigenvalue weighted by Gasteiger charge is -2.23. The van der Waals surface area contributed by atoms with Gasteiger partial charge in [-0.2, -0.15) is 4.98 Å². The van der Waals surface area contributed by atoms with Crippen LogP contribution in [0.15, 0.2) is 36.7 Å². The molecular weight excluding hydrogens is 450 g/mol. The predicted molar refractivity (Wildman–Crippen MR) is 134 cm³/mol. The van der Waals surface area contributed by atoms with E-state index in [4.69, 9.17) is 4.74 Å². The summed E-state index contributed by atoms with van der Waals surface area (Å²) in [6.07, 6.45) is 6.74. The van der Waals surface area contributed by atoms with Gasteiger partial charge in [0.15, 0.2) is 5.13 Å². The van der Waals surface area contributed by atoms with E-state index in [-0.39, 0.29) is 12.0 Å². The van der Waals surface area contributed by atoms with E-state index >= 15 is 0 Å². The van der Waals surface area contributed by atoms with Crippen molar-refractivity contribution in [2.24, 2.45) is 0 Å². The summed E-state index contributed by atoms with van der Waals surface area (Å²) in [7, 11) is 0. The Morgan fingerprint density at radius 3 is 3.03 bits per heavy atom. The van der Waals surface area contributed by atoms with Gasteiger partial charge >= 0.3 is 0 Å². The highest BCUT2D eigenvalue weighted by atomic mass is 32.1. The first kappa shape index (κ1) is 22.5. The number of ether oxygens (including phenoxy) is 1. The van der Waals surface area contributed by atoms with Crippen molar-refractivity contribution < 1.29 is 9.53 Å². The number of carbonyl (C=O) groups is 1. The number of nitrogens with one attached hydrogen (secondary N) is 3.